The molecule has 1 aliphatic heterocycles. The number of pyridine rings is 1. The third-order valence-electron chi connectivity index (χ3n) is 4.58. The van der Waals surface area contributed by atoms with Gasteiger partial charge < -0.3 is 9.80 Å². The van der Waals surface area contributed by atoms with Crippen LogP contribution in [0.4, 0.5) is 11.6 Å². The minimum absolute atomic E-state index is 0.600. The standard InChI is InChI=1S/C19H17ClN6/c20-15-4-5-17-16(12-15)14(13-21)11-19(23-17)26-8-2-7-25(9-10-26)18-3-1-6-22-24-18/h1,3-6,11-12H,2,7-10H2. The van der Waals surface area contributed by atoms with Crippen LogP contribution >= 0.6 is 11.6 Å². The van der Waals surface area contributed by atoms with Crippen molar-refractivity contribution < 1.29 is 0 Å². The Labute approximate surface area is 156 Å². The average Bonchev–Trinajstić information content (AvgIpc) is 2.94. The van der Waals surface area contributed by atoms with Crippen molar-refractivity contribution in [1.82, 2.24) is 15.2 Å². The number of anilines is 2. The van der Waals surface area contributed by atoms with Crippen LogP contribution in [0.5, 0.6) is 0 Å². The van der Waals surface area contributed by atoms with Gasteiger partial charge in [-0.25, -0.2) is 4.98 Å². The average molecular weight is 365 g/mol. The highest BCUT2D eigenvalue weighted by molar-refractivity contribution is 6.31. The molecule has 3 aromatic rings. The minimum Gasteiger partial charge on any atom is -0.355 e. The van der Waals surface area contributed by atoms with Gasteiger partial charge in [-0.05, 0) is 42.8 Å². The molecule has 0 spiro atoms. The van der Waals surface area contributed by atoms with Crippen LogP contribution in [0.1, 0.15) is 12.0 Å². The van der Waals surface area contributed by atoms with Crippen LogP contribution in [0.25, 0.3) is 10.9 Å². The summed E-state index contributed by atoms with van der Waals surface area (Å²) in [6.07, 6.45) is 2.67. The van der Waals surface area contributed by atoms with Crippen LogP contribution < -0.4 is 9.80 Å². The van der Waals surface area contributed by atoms with Crippen LogP contribution in [-0.4, -0.2) is 41.4 Å². The fourth-order valence-corrected chi connectivity index (χ4v) is 3.45. The van der Waals surface area contributed by atoms with Crippen molar-refractivity contribution in [2.75, 3.05) is 36.0 Å². The minimum atomic E-state index is 0.600. The second kappa shape index (κ2) is 7.14. The Balaban J connectivity index is 1.62. The number of aromatic nitrogens is 3. The first-order valence-corrected chi connectivity index (χ1v) is 8.90. The van der Waals surface area contributed by atoms with E-state index in [4.69, 9.17) is 16.6 Å². The molecule has 0 bridgehead atoms. The highest BCUT2D eigenvalue weighted by Gasteiger charge is 2.18. The molecule has 4 rings (SSSR count). The van der Waals surface area contributed by atoms with Gasteiger partial charge in [0.15, 0.2) is 5.82 Å². The lowest BCUT2D eigenvalue weighted by atomic mass is 10.1. The van der Waals surface area contributed by atoms with E-state index in [1.807, 2.05) is 24.3 Å². The van der Waals surface area contributed by atoms with Crippen molar-refractivity contribution in [3.05, 3.63) is 53.2 Å². The second-order valence-electron chi connectivity index (χ2n) is 6.21. The molecule has 0 aliphatic carbocycles. The molecule has 0 amide bonds. The van der Waals surface area contributed by atoms with E-state index in [-0.39, 0.29) is 0 Å². The van der Waals surface area contributed by atoms with E-state index in [9.17, 15) is 5.26 Å². The number of hydrogen-bond donors (Lipinski definition) is 0. The summed E-state index contributed by atoms with van der Waals surface area (Å²) in [5, 5.41) is 19.1. The van der Waals surface area contributed by atoms with Gasteiger partial charge in [-0.15, -0.1) is 5.10 Å². The largest absolute Gasteiger partial charge is 0.355 e. The summed E-state index contributed by atoms with van der Waals surface area (Å²) in [6.45, 7) is 3.45. The lowest BCUT2D eigenvalue weighted by molar-refractivity contribution is 0.785. The van der Waals surface area contributed by atoms with Crippen molar-refractivity contribution in [3.8, 4) is 6.07 Å². The molecular weight excluding hydrogens is 348 g/mol. The van der Waals surface area contributed by atoms with Crippen molar-refractivity contribution in [1.29, 1.82) is 5.26 Å². The second-order valence-corrected chi connectivity index (χ2v) is 6.65. The number of rotatable bonds is 2. The van der Waals surface area contributed by atoms with E-state index in [1.54, 1.807) is 18.3 Å². The highest BCUT2D eigenvalue weighted by Crippen LogP contribution is 2.26. The van der Waals surface area contributed by atoms with E-state index in [1.165, 1.54) is 0 Å². The summed E-state index contributed by atoms with van der Waals surface area (Å²) < 4.78 is 0. The molecule has 1 aliphatic rings. The zero-order valence-corrected chi connectivity index (χ0v) is 14.9. The molecule has 1 fully saturated rings. The first kappa shape index (κ1) is 16.6. The molecule has 1 aromatic carbocycles. The Kier molecular flexibility index (Phi) is 4.55. The first-order chi connectivity index (χ1) is 12.7. The summed E-state index contributed by atoms with van der Waals surface area (Å²) in [5.41, 5.74) is 1.39. The Bertz CT molecular complexity index is 969. The van der Waals surface area contributed by atoms with Gasteiger partial charge in [0.05, 0.1) is 17.1 Å². The normalized spacial score (nSPS) is 14.9. The number of halogens is 1. The molecule has 26 heavy (non-hydrogen) atoms. The monoisotopic (exact) mass is 364 g/mol. The van der Waals surface area contributed by atoms with Gasteiger partial charge in [-0.3, -0.25) is 0 Å². The topological polar surface area (TPSA) is 68.9 Å². The SMILES string of the molecule is N#Cc1cc(N2CCCN(c3cccnn3)CC2)nc2ccc(Cl)cc12. The lowest BCUT2D eigenvalue weighted by Crippen LogP contribution is -2.31. The van der Waals surface area contributed by atoms with Gasteiger partial charge in [-0.1, -0.05) is 11.6 Å². The molecule has 1 saturated heterocycles. The van der Waals surface area contributed by atoms with Gasteiger partial charge >= 0.3 is 0 Å². The van der Waals surface area contributed by atoms with E-state index in [2.05, 4.69) is 26.1 Å². The molecule has 2 aromatic heterocycles. The maximum absolute atomic E-state index is 9.53. The Morgan fingerprint density at radius 2 is 1.81 bits per heavy atom. The number of benzene rings is 1. The van der Waals surface area contributed by atoms with Gasteiger partial charge in [-0.2, -0.15) is 10.4 Å². The molecule has 3 heterocycles. The van der Waals surface area contributed by atoms with Gasteiger partial charge in [0.1, 0.15) is 5.82 Å². The molecular formula is C19H17ClN6. The molecule has 6 nitrogen and oxygen atoms in total. The maximum Gasteiger partial charge on any atom is 0.151 e. The fraction of sp³-hybridized carbons (Fsp3) is 0.263. The summed E-state index contributed by atoms with van der Waals surface area (Å²) in [7, 11) is 0. The number of nitriles is 1. The van der Waals surface area contributed by atoms with E-state index < -0.39 is 0 Å². The summed E-state index contributed by atoms with van der Waals surface area (Å²) in [5.74, 6) is 1.73. The van der Waals surface area contributed by atoms with Crippen LogP contribution in [0, 0.1) is 11.3 Å². The third kappa shape index (κ3) is 3.26. The van der Waals surface area contributed by atoms with E-state index in [0.29, 0.717) is 10.6 Å². The number of hydrogen-bond acceptors (Lipinski definition) is 6. The lowest BCUT2D eigenvalue weighted by Gasteiger charge is -2.23. The van der Waals surface area contributed by atoms with Gasteiger partial charge in [0.25, 0.3) is 0 Å². The van der Waals surface area contributed by atoms with E-state index in [0.717, 1.165) is 55.1 Å². The van der Waals surface area contributed by atoms with E-state index >= 15 is 0 Å². The molecule has 0 unspecified atom stereocenters. The zero-order chi connectivity index (χ0) is 17.9. The number of nitrogens with zero attached hydrogens (tertiary/aromatic N) is 6. The van der Waals surface area contributed by atoms with Crippen molar-refractivity contribution in [3.63, 3.8) is 0 Å². The van der Waals surface area contributed by atoms with Crippen LogP contribution in [0.15, 0.2) is 42.6 Å². The summed E-state index contributed by atoms with van der Waals surface area (Å²) in [6, 6.07) is 13.5. The molecule has 130 valence electrons. The molecule has 7 heteroatoms. The maximum atomic E-state index is 9.53. The highest BCUT2D eigenvalue weighted by atomic mass is 35.5. The molecule has 0 radical (unpaired) electrons. The Hall–Kier alpha value is -2.91. The van der Waals surface area contributed by atoms with Crippen molar-refractivity contribution in [2.24, 2.45) is 0 Å². The van der Waals surface area contributed by atoms with Gasteiger partial charge in [0.2, 0.25) is 0 Å². The smallest absolute Gasteiger partial charge is 0.151 e. The number of fused-ring (bicyclic) bond motifs is 1. The Morgan fingerprint density at radius 3 is 2.54 bits per heavy atom. The van der Waals surface area contributed by atoms with Crippen LogP contribution in [-0.2, 0) is 0 Å². The van der Waals surface area contributed by atoms with Crippen LogP contribution in [0.2, 0.25) is 5.02 Å². The Morgan fingerprint density at radius 1 is 1.00 bits per heavy atom. The predicted octanol–water partition coefficient (Wildman–Crippen LogP) is 3.27. The third-order valence-corrected chi connectivity index (χ3v) is 4.81. The van der Waals surface area contributed by atoms with Crippen LogP contribution in [0.3, 0.4) is 0 Å². The fourth-order valence-electron chi connectivity index (χ4n) is 3.28. The molecule has 0 N–H and O–H groups in total. The summed E-state index contributed by atoms with van der Waals surface area (Å²) >= 11 is 6.07. The van der Waals surface area contributed by atoms with Gasteiger partial charge in [0, 0.05) is 42.8 Å². The zero-order valence-electron chi connectivity index (χ0n) is 14.1. The molecule has 0 saturated carbocycles. The van der Waals surface area contributed by atoms with Crippen molar-refractivity contribution in [2.45, 2.75) is 6.42 Å². The summed E-state index contributed by atoms with van der Waals surface area (Å²) in [4.78, 5) is 9.22. The van der Waals surface area contributed by atoms with Crippen molar-refractivity contribution >= 4 is 34.1 Å². The first-order valence-electron chi connectivity index (χ1n) is 8.52. The quantitative estimate of drug-likeness (QED) is 0.695. The molecule has 0 atom stereocenters. The predicted molar refractivity (Wildman–Crippen MR) is 103 cm³/mol.